The summed E-state index contributed by atoms with van der Waals surface area (Å²) in [7, 11) is 1.47. The third kappa shape index (κ3) is 1.50. The minimum Gasteiger partial charge on any atom is -0.466 e. The first-order valence-electron chi connectivity index (χ1n) is 5.13. The van der Waals surface area contributed by atoms with Crippen molar-refractivity contribution in [1.82, 2.24) is 0 Å². The van der Waals surface area contributed by atoms with E-state index in [0.717, 1.165) is 5.57 Å². The Labute approximate surface area is 79.0 Å². The van der Waals surface area contributed by atoms with Crippen LogP contribution in [0.5, 0.6) is 0 Å². The molecule has 0 spiro atoms. The highest BCUT2D eigenvalue weighted by Crippen LogP contribution is 2.43. The highest BCUT2D eigenvalue weighted by molar-refractivity contribution is 5.90. The smallest absolute Gasteiger partial charge is 0.333 e. The van der Waals surface area contributed by atoms with E-state index in [0.29, 0.717) is 11.8 Å². The van der Waals surface area contributed by atoms with Crippen molar-refractivity contribution in [3.8, 4) is 0 Å². The predicted octanol–water partition coefficient (Wildman–Crippen LogP) is 2.30. The van der Waals surface area contributed by atoms with Crippen LogP contribution in [0.15, 0.2) is 11.6 Å². The summed E-state index contributed by atoms with van der Waals surface area (Å²) in [5.74, 6) is 1.09. The van der Waals surface area contributed by atoms with Crippen molar-refractivity contribution in [2.45, 2.75) is 32.1 Å². The standard InChI is InChI=1S/C11H16O2/c1-13-11(12)10-7-8-5-3-2-4-6-9(8)10/h7-9H,2-6H2,1H3. The fraction of sp³-hybridized carbons (Fsp3) is 0.727. The maximum atomic E-state index is 11.3. The number of carbonyl (C=O) groups is 1. The largest absolute Gasteiger partial charge is 0.466 e. The molecule has 1 fully saturated rings. The second-order valence-corrected chi connectivity index (χ2v) is 4.02. The van der Waals surface area contributed by atoms with Crippen LogP contribution in [0.25, 0.3) is 0 Å². The summed E-state index contributed by atoms with van der Waals surface area (Å²) in [6.45, 7) is 0. The second-order valence-electron chi connectivity index (χ2n) is 4.02. The molecule has 0 bridgehead atoms. The van der Waals surface area contributed by atoms with Gasteiger partial charge in [-0.15, -0.1) is 0 Å². The van der Waals surface area contributed by atoms with E-state index in [1.807, 2.05) is 0 Å². The van der Waals surface area contributed by atoms with Gasteiger partial charge in [-0.25, -0.2) is 4.79 Å². The molecule has 2 rings (SSSR count). The van der Waals surface area contributed by atoms with E-state index in [1.54, 1.807) is 0 Å². The Morgan fingerprint density at radius 1 is 1.38 bits per heavy atom. The van der Waals surface area contributed by atoms with E-state index >= 15 is 0 Å². The zero-order valence-electron chi connectivity index (χ0n) is 8.08. The van der Waals surface area contributed by atoms with Gasteiger partial charge in [-0.3, -0.25) is 0 Å². The normalized spacial score (nSPS) is 32.2. The number of carbonyl (C=O) groups excluding carboxylic acids is 1. The van der Waals surface area contributed by atoms with Crippen LogP contribution in [0, 0.1) is 11.8 Å². The molecular weight excluding hydrogens is 164 g/mol. The van der Waals surface area contributed by atoms with Crippen LogP contribution in [0.4, 0.5) is 0 Å². The van der Waals surface area contributed by atoms with Gasteiger partial charge < -0.3 is 4.74 Å². The van der Waals surface area contributed by atoms with E-state index in [-0.39, 0.29) is 5.97 Å². The molecule has 2 aliphatic rings. The topological polar surface area (TPSA) is 26.3 Å². The molecule has 13 heavy (non-hydrogen) atoms. The van der Waals surface area contributed by atoms with E-state index < -0.39 is 0 Å². The van der Waals surface area contributed by atoms with E-state index in [4.69, 9.17) is 4.74 Å². The molecule has 0 amide bonds. The molecular formula is C11H16O2. The average Bonchev–Trinajstić information content (AvgIpc) is 2.29. The number of ether oxygens (including phenoxy) is 1. The number of hydrogen-bond donors (Lipinski definition) is 0. The molecule has 0 N–H and O–H groups in total. The summed E-state index contributed by atoms with van der Waals surface area (Å²) >= 11 is 0. The molecule has 2 unspecified atom stereocenters. The molecule has 0 aromatic rings. The van der Waals surface area contributed by atoms with Crippen molar-refractivity contribution in [3.63, 3.8) is 0 Å². The summed E-state index contributed by atoms with van der Waals surface area (Å²) < 4.78 is 4.74. The minimum atomic E-state index is -0.108. The van der Waals surface area contributed by atoms with Crippen molar-refractivity contribution in [3.05, 3.63) is 11.6 Å². The van der Waals surface area contributed by atoms with E-state index in [9.17, 15) is 4.79 Å². The molecule has 2 aliphatic carbocycles. The molecule has 1 saturated carbocycles. The third-order valence-corrected chi connectivity index (χ3v) is 3.28. The van der Waals surface area contributed by atoms with Crippen molar-refractivity contribution >= 4 is 5.97 Å². The monoisotopic (exact) mass is 180 g/mol. The quantitative estimate of drug-likeness (QED) is 0.579. The van der Waals surface area contributed by atoms with Crippen LogP contribution >= 0.6 is 0 Å². The Morgan fingerprint density at radius 3 is 2.92 bits per heavy atom. The van der Waals surface area contributed by atoms with Crippen molar-refractivity contribution in [2.75, 3.05) is 7.11 Å². The lowest BCUT2D eigenvalue weighted by Gasteiger charge is -2.33. The first-order chi connectivity index (χ1) is 6.33. The summed E-state index contributed by atoms with van der Waals surface area (Å²) in [5, 5.41) is 0. The third-order valence-electron chi connectivity index (χ3n) is 3.28. The number of fused-ring (bicyclic) bond motifs is 1. The van der Waals surface area contributed by atoms with Crippen LogP contribution in [0.1, 0.15) is 32.1 Å². The maximum absolute atomic E-state index is 11.3. The molecule has 2 heteroatoms. The van der Waals surface area contributed by atoms with Crippen LogP contribution in [-0.4, -0.2) is 13.1 Å². The van der Waals surface area contributed by atoms with Gasteiger partial charge in [0.15, 0.2) is 0 Å². The molecule has 2 nitrogen and oxygen atoms in total. The Bertz CT molecular complexity index is 242. The average molecular weight is 180 g/mol. The first-order valence-corrected chi connectivity index (χ1v) is 5.13. The minimum absolute atomic E-state index is 0.108. The van der Waals surface area contributed by atoms with E-state index in [1.165, 1.54) is 39.2 Å². The number of methoxy groups -OCH3 is 1. The van der Waals surface area contributed by atoms with Gasteiger partial charge in [-0.1, -0.05) is 25.3 Å². The highest BCUT2D eigenvalue weighted by atomic mass is 16.5. The zero-order chi connectivity index (χ0) is 9.26. The lowest BCUT2D eigenvalue weighted by atomic mass is 9.72. The first kappa shape index (κ1) is 8.79. The SMILES string of the molecule is COC(=O)C1=CC2CCCCCC12. The Balaban J connectivity index is 2.05. The Morgan fingerprint density at radius 2 is 2.15 bits per heavy atom. The maximum Gasteiger partial charge on any atom is 0.333 e. The summed E-state index contributed by atoms with van der Waals surface area (Å²) in [6, 6.07) is 0. The number of rotatable bonds is 1. The van der Waals surface area contributed by atoms with Gasteiger partial charge in [0.1, 0.15) is 0 Å². The predicted molar refractivity (Wildman–Crippen MR) is 50.2 cm³/mol. The van der Waals surface area contributed by atoms with Crippen molar-refractivity contribution in [1.29, 1.82) is 0 Å². The van der Waals surface area contributed by atoms with Gasteiger partial charge in [0, 0.05) is 5.57 Å². The van der Waals surface area contributed by atoms with Gasteiger partial charge in [0.05, 0.1) is 7.11 Å². The van der Waals surface area contributed by atoms with Gasteiger partial charge >= 0.3 is 5.97 Å². The molecule has 2 atom stereocenters. The van der Waals surface area contributed by atoms with Crippen LogP contribution in [0.2, 0.25) is 0 Å². The fourth-order valence-corrected chi connectivity index (χ4v) is 2.49. The Hall–Kier alpha value is -0.790. The molecule has 72 valence electrons. The van der Waals surface area contributed by atoms with E-state index in [2.05, 4.69) is 6.08 Å². The van der Waals surface area contributed by atoms with Crippen molar-refractivity contribution in [2.24, 2.45) is 11.8 Å². The number of allylic oxidation sites excluding steroid dienone is 1. The Kier molecular flexibility index (Phi) is 2.38. The lowest BCUT2D eigenvalue weighted by Crippen LogP contribution is -2.29. The zero-order valence-corrected chi connectivity index (χ0v) is 8.08. The molecule has 0 aliphatic heterocycles. The van der Waals surface area contributed by atoms with Crippen molar-refractivity contribution < 1.29 is 9.53 Å². The summed E-state index contributed by atoms with van der Waals surface area (Å²) in [6.07, 6.45) is 8.50. The fourth-order valence-electron chi connectivity index (χ4n) is 2.49. The highest BCUT2D eigenvalue weighted by Gasteiger charge is 2.37. The summed E-state index contributed by atoms with van der Waals surface area (Å²) in [4.78, 5) is 11.3. The van der Waals surface area contributed by atoms with Crippen LogP contribution in [0.3, 0.4) is 0 Å². The number of esters is 1. The van der Waals surface area contributed by atoms with Gasteiger partial charge in [0.25, 0.3) is 0 Å². The van der Waals surface area contributed by atoms with Gasteiger partial charge in [-0.05, 0) is 24.7 Å². The molecule has 0 radical (unpaired) electrons. The second kappa shape index (κ2) is 3.52. The molecule has 0 heterocycles. The number of hydrogen-bond acceptors (Lipinski definition) is 2. The molecule has 0 aromatic carbocycles. The van der Waals surface area contributed by atoms with Gasteiger partial charge in [0.2, 0.25) is 0 Å². The van der Waals surface area contributed by atoms with Crippen LogP contribution in [-0.2, 0) is 9.53 Å². The molecule has 0 saturated heterocycles. The summed E-state index contributed by atoms with van der Waals surface area (Å²) in [5.41, 5.74) is 0.939. The molecule has 0 aromatic heterocycles. The van der Waals surface area contributed by atoms with Crippen LogP contribution < -0.4 is 0 Å². The lowest BCUT2D eigenvalue weighted by molar-refractivity contribution is -0.137. The van der Waals surface area contributed by atoms with Gasteiger partial charge in [-0.2, -0.15) is 0 Å².